The first-order valence-electron chi connectivity index (χ1n) is 6.20. The first kappa shape index (κ1) is 13.8. The Balaban J connectivity index is 2.05. The minimum atomic E-state index is -0.562. The van der Waals surface area contributed by atoms with Crippen molar-refractivity contribution in [1.29, 1.82) is 0 Å². The van der Waals surface area contributed by atoms with Crippen LogP contribution in [0, 0.1) is 6.92 Å². The van der Waals surface area contributed by atoms with E-state index in [1.165, 1.54) is 7.05 Å². The third-order valence-electron chi connectivity index (χ3n) is 2.81. The number of nitrogens with zero attached hydrogens (tertiary/aromatic N) is 1. The number of carbonyl (C=O) groups excluding carboxylic acids is 2. The van der Waals surface area contributed by atoms with Crippen LogP contribution in [0.3, 0.4) is 0 Å². The summed E-state index contributed by atoms with van der Waals surface area (Å²) in [7, 11) is 1.42. The number of rotatable bonds is 2. The van der Waals surface area contributed by atoms with Crippen molar-refractivity contribution in [2.75, 3.05) is 7.05 Å². The molecule has 0 atom stereocenters. The van der Waals surface area contributed by atoms with Crippen molar-refractivity contribution in [2.45, 2.75) is 6.92 Å². The van der Waals surface area contributed by atoms with Gasteiger partial charge in [0.2, 0.25) is 0 Å². The van der Waals surface area contributed by atoms with Gasteiger partial charge >= 0.3 is 5.97 Å². The lowest BCUT2D eigenvalue weighted by atomic mass is 10.1. The Bertz CT molecular complexity index is 605. The molecule has 4 heteroatoms. The van der Waals surface area contributed by atoms with Gasteiger partial charge in [-0.3, -0.25) is 4.79 Å². The van der Waals surface area contributed by atoms with Crippen LogP contribution in [0.25, 0.3) is 0 Å². The fourth-order valence-corrected chi connectivity index (χ4v) is 1.67. The van der Waals surface area contributed by atoms with Crippen LogP contribution >= 0.6 is 0 Å². The molecule has 2 aromatic rings. The standard InChI is InChI=1S/C16H15NO3/c1-12-8-10-13(11-9-12)15(18)17(2)20-16(19)14-6-4-3-5-7-14/h3-11H,1-2H3. The predicted octanol–water partition coefficient (Wildman–Crippen LogP) is 2.84. The van der Waals surface area contributed by atoms with Crippen LogP contribution in [0.15, 0.2) is 54.6 Å². The van der Waals surface area contributed by atoms with Crippen LogP contribution in [0.5, 0.6) is 0 Å². The van der Waals surface area contributed by atoms with Crippen molar-refractivity contribution in [3.63, 3.8) is 0 Å². The van der Waals surface area contributed by atoms with Crippen molar-refractivity contribution in [3.8, 4) is 0 Å². The highest BCUT2D eigenvalue weighted by atomic mass is 16.7. The zero-order valence-corrected chi connectivity index (χ0v) is 11.4. The number of hydroxylamine groups is 2. The maximum atomic E-state index is 12.1. The summed E-state index contributed by atoms with van der Waals surface area (Å²) in [5, 5.41) is 0.944. The molecule has 102 valence electrons. The molecule has 0 aromatic heterocycles. The normalized spacial score (nSPS) is 9.90. The Labute approximate surface area is 117 Å². The second-order valence-electron chi connectivity index (χ2n) is 4.41. The second-order valence-corrected chi connectivity index (χ2v) is 4.41. The largest absolute Gasteiger partial charge is 0.363 e. The van der Waals surface area contributed by atoms with Gasteiger partial charge in [0.15, 0.2) is 0 Å². The van der Waals surface area contributed by atoms with E-state index in [2.05, 4.69) is 0 Å². The molecule has 4 nitrogen and oxygen atoms in total. The summed E-state index contributed by atoms with van der Waals surface area (Å²) in [6.07, 6.45) is 0. The zero-order chi connectivity index (χ0) is 14.5. The fraction of sp³-hybridized carbons (Fsp3) is 0.125. The van der Waals surface area contributed by atoms with E-state index in [1.807, 2.05) is 19.1 Å². The van der Waals surface area contributed by atoms with Gasteiger partial charge in [0, 0.05) is 12.6 Å². The third-order valence-corrected chi connectivity index (χ3v) is 2.81. The Morgan fingerprint density at radius 1 is 0.900 bits per heavy atom. The maximum absolute atomic E-state index is 12.1. The summed E-state index contributed by atoms with van der Waals surface area (Å²) in [6, 6.07) is 15.6. The lowest BCUT2D eigenvalue weighted by Gasteiger charge is -2.16. The van der Waals surface area contributed by atoms with Crippen molar-refractivity contribution >= 4 is 11.9 Å². The summed E-state index contributed by atoms with van der Waals surface area (Å²) >= 11 is 0. The van der Waals surface area contributed by atoms with E-state index in [-0.39, 0.29) is 5.91 Å². The summed E-state index contributed by atoms with van der Waals surface area (Å²) in [4.78, 5) is 28.9. The van der Waals surface area contributed by atoms with Crippen LogP contribution in [-0.4, -0.2) is 24.0 Å². The highest BCUT2D eigenvalue weighted by Crippen LogP contribution is 2.08. The lowest BCUT2D eigenvalue weighted by Crippen LogP contribution is -2.29. The van der Waals surface area contributed by atoms with Crippen LogP contribution < -0.4 is 0 Å². The van der Waals surface area contributed by atoms with Gasteiger partial charge in [-0.2, -0.15) is 5.06 Å². The molecule has 0 spiro atoms. The van der Waals surface area contributed by atoms with Gasteiger partial charge in [-0.1, -0.05) is 35.9 Å². The van der Waals surface area contributed by atoms with E-state index >= 15 is 0 Å². The molecule has 0 heterocycles. The average Bonchev–Trinajstić information content (AvgIpc) is 2.48. The van der Waals surface area contributed by atoms with Gasteiger partial charge < -0.3 is 4.84 Å². The van der Waals surface area contributed by atoms with Gasteiger partial charge in [0.25, 0.3) is 5.91 Å². The lowest BCUT2D eigenvalue weighted by molar-refractivity contribution is -0.0658. The molecule has 0 aliphatic heterocycles. The van der Waals surface area contributed by atoms with E-state index in [1.54, 1.807) is 42.5 Å². The molecule has 0 unspecified atom stereocenters. The summed E-state index contributed by atoms with van der Waals surface area (Å²) in [5.74, 6) is -0.928. The minimum Gasteiger partial charge on any atom is -0.333 e. The Morgan fingerprint density at radius 2 is 1.50 bits per heavy atom. The number of amides is 1. The molecule has 0 bridgehead atoms. The van der Waals surface area contributed by atoms with E-state index < -0.39 is 5.97 Å². The SMILES string of the molecule is Cc1ccc(C(=O)N(C)OC(=O)c2ccccc2)cc1. The van der Waals surface area contributed by atoms with E-state index in [0.717, 1.165) is 10.6 Å². The molecule has 0 N–H and O–H groups in total. The molecule has 0 saturated carbocycles. The molecular formula is C16H15NO3. The number of hydrogen-bond acceptors (Lipinski definition) is 3. The molecule has 0 fully saturated rings. The molecule has 2 aromatic carbocycles. The van der Waals surface area contributed by atoms with Crippen molar-refractivity contribution in [2.24, 2.45) is 0 Å². The first-order chi connectivity index (χ1) is 9.58. The number of hydrogen-bond donors (Lipinski definition) is 0. The summed E-state index contributed by atoms with van der Waals surface area (Å²) < 4.78 is 0. The molecule has 0 saturated heterocycles. The first-order valence-corrected chi connectivity index (χ1v) is 6.20. The van der Waals surface area contributed by atoms with Crippen LogP contribution in [-0.2, 0) is 4.84 Å². The Morgan fingerprint density at radius 3 is 2.10 bits per heavy atom. The molecule has 1 amide bonds. The molecular weight excluding hydrogens is 254 g/mol. The summed E-state index contributed by atoms with van der Waals surface area (Å²) in [5.41, 5.74) is 1.93. The second kappa shape index (κ2) is 6.02. The van der Waals surface area contributed by atoms with Crippen molar-refractivity contribution < 1.29 is 14.4 Å². The van der Waals surface area contributed by atoms with E-state index in [4.69, 9.17) is 4.84 Å². The van der Waals surface area contributed by atoms with E-state index in [0.29, 0.717) is 11.1 Å². The van der Waals surface area contributed by atoms with Gasteiger partial charge in [-0.25, -0.2) is 4.79 Å². The molecule has 0 aliphatic rings. The molecule has 0 aliphatic carbocycles. The van der Waals surface area contributed by atoms with Crippen LogP contribution in [0.1, 0.15) is 26.3 Å². The van der Waals surface area contributed by atoms with Crippen LogP contribution in [0.4, 0.5) is 0 Å². The highest BCUT2D eigenvalue weighted by Gasteiger charge is 2.17. The number of aryl methyl sites for hydroxylation is 1. The topological polar surface area (TPSA) is 46.6 Å². The molecule has 2 rings (SSSR count). The average molecular weight is 269 g/mol. The summed E-state index contributed by atoms with van der Waals surface area (Å²) in [6.45, 7) is 1.94. The highest BCUT2D eigenvalue weighted by molar-refractivity contribution is 5.95. The molecule has 20 heavy (non-hydrogen) atoms. The maximum Gasteiger partial charge on any atom is 0.363 e. The van der Waals surface area contributed by atoms with Gasteiger partial charge in [-0.15, -0.1) is 0 Å². The predicted molar refractivity (Wildman–Crippen MR) is 75.1 cm³/mol. The zero-order valence-electron chi connectivity index (χ0n) is 11.4. The monoisotopic (exact) mass is 269 g/mol. The third kappa shape index (κ3) is 3.23. The number of benzene rings is 2. The smallest absolute Gasteiger partial charge is 0.333 e. The fourth-order valence-electron chi connectivity index (χ4n) is 1.67. The van der Waals surface area contributed by atoms with E-state index in [9.17, 15) is 9.59 Å². The Hall–Kier alpha value is -2.62. The molecule has 0 radical (unpaired) electrons. The minimum absolute atomic E-state index is 0.366. The van der Waals surface area contributed by atoms with Gasteiger partial charge in [0.1, 0.15) is 0 Å². The van der Waals surface area contributed by atoms with Gasteiger partial charge in [0.05, 0.1) is 5.56 Å². The number of carbonyl (C=O) groups is 2. The van der Waals surface area contributed by atoms with Gasteiger partial charge in [-0.05, 0) is 31.2 Å². The van der Waals surface area contributed by atoms with Crippen molar-refractivity contribution in [1.82, 2.24) is 5.06 Å². The van der Waals surface area contributed by atoms with Crippen LogP contribution in [0.2, 0.25) is 0 Å². The Kier molecular flexibility index (Phi) is 4.15. The quantitative estimate of drug-likeness (QED) is 0.788. The van der Waals surface area contributed by atoms with Crippen molar-refractivity contribution in [3.05, 3.63) is 71.3 Å².